The highest BCUT2D eigenvalue weighted by atomic mass is 16.5. The summed E-state index contributed by atoms with van der Waals surface area (Å²) in [5.41, 5.74) is 0. The first-order chi connectivity index (χ1) is 8.33. The lowest BCUT2D eigenvalue weighted by Crippen LogP contribution is -2.44. The van der Waals surface area contributed by atoms with Crippen molar-refractivity contribution < 1.29 is 4.74 Å². The molecule has 1 saturated carbocycles. The molecule has 1 aliphatic carbocycles. The summed E-state index contributed by atoms with van der Waals surface area (Å²) in [4.78, 5) is 0. The van der Waals surface area contributed by atoms with Crippen molar-refractivity contribution in [3.05, 3.63) is 0 Å². The van der Waals surface area contributed by atoms with E-state index in [4.69, 9.17) is 11.2 Å². The van der Waals surface area contributed by atoms with Crippen LogP contribution >= 0.6 is 0 Å². The second-order valence-electron chi connectivity index (χ2n) is 4.96. The van der Waals surface area contributed by atoms with Gasteiger partial charge in [-0.15, -0.1) is 12.3 Å². The fourth-order valence-corrected chi connectivity index (χ4v) is 2.95. The molecule has 1 fully saturated rings. The van der Waals surface area contributed by atoms with E-state index >= 15 is 0 Å². The Labute approximate surface area is 107 Å². The third kappa shape index (κ3) is 4.69. The van der Waals surface area contributed by atoms with E-state index in [1.807, 2.05) is 7.05 Å². The maximum Gasteiger partial charge on any atom is 0.0756 e. The van der Waals surface area contributed by atoms with Gasteiger partial charge < -0.3 is 10.1 Å². The van der Waals surface area contributed by atoms with Gasteiger partial charge in [0.25, 0.3) is 0 Å². The normalized spacial score (nSPS) is 20.8. The summed E-state index contributed by atoms with van der Waals surface area (Å²) in [6, 6.07) is 0.411. The molecule has 0 spiro atoms. The first-order valence-corrected chi connectivity index (χ1v) is 7.05. The summed E-state index contributed by atoms with van der Waals surface area (Å²) in [5, 5.41) is 3.40. The summed E-state index contributed by atoms with van der Waals surface area (Å²) in [6.45, 7) is 2.89. The molecule has 0 aromatic rings. The van der Waals surface area contributed by atoms with Crippen LogP contribution in [0.3, 0.4) is 0 Å². The number of rotatable bonds is 7. The highest BCUT2D eigenvalue weighted by Crippen LogP contribution is 2.30. The topological polar surface area (TPSA) is 21.3 Å². The predicted octanol–water partition coefficient (Wildman–Crippen LogP) is 2.97. The second kappa shape index (κ2) is 8.55. The Kier molecular flexibility index (Phi) is 7.32. The van der Waals surface area contributed by atoms with Gasteiger partial charge in [-0.05, 0) is 39.2 Å². The molecule has 0 radical (unpaired) electrons. The second-order valence-corrected chi connectivity index (χ2v) is 4.96. The van der Waals surface area contributed by atoms with Crippen molar-refractivity contribution in [3.63, 3.8) is 0 Å². The van der Waals surface area contributed by atoms with Gasteiger partial charge in [-0.1, -0.05) is 19.3 Å². The van der Waals surface area contributed by atoms with Gasteiger partial charge in [0.1, 0.15) is 0 Å². The van der Waals surface area contributed by atoms with Crippen LogP contribution in [0, 0.1) is 18.3 Å². The van der Waals surface area contributed by atoms with Crippen LogP contribution in [0.1, 0.15) is 51.9 Å². The Morgan fingerprint density at radius 1 is 1.35 bits per heavy atom. The van der Waals surface area contributed by atoms with Gasteiger partial charge in [0.15, 0.2) is 0 Å². The lowest BCUT2D eigenvalue weighted by atomic mass is 9.81. The molecule has 2 unspecified atom stereocenters. The van der Waals surface area contributed by atoms with Crippen molar-refractivity contribution in [3.8, 4) is 12.3 Å². The van der Waals surface area contributed by atoms with E-state index in [1.54, 1.807) is 0 Å². The van der Waals surface area contributed by atoms with Gasteiger partial charge in [0.05, 0.1) is 6.10 Å². The summed E-state index contributed by atoms with van der Waals surface area (Å²) in [6.07, 6.45) is 14.3. The standard InChI is InChI=1S/C15H27NO/c1-4-6-12-14(16-3)15(17-5-2)13-10-8-7-9-11-13/h1,13-16H,5-12H2,2-3H3. The highest BCUT2D eigenvalue weighted by molar-refractivity contribution is 4.90. The van der Waals surface area contributed by atoms with Crippen LogP contribution in [0.2, 0.25) is 0 Å². The number of nitrogens with one attached hydrogen (secondary N) is 1. The van der Waals surface area contributed by atoms with Gasteiger partial charge >= 0.3 is 0 Å². The lowest BCUT2D eigenvalue weighted by molar-refractivity contribution is -0.0174. The minimum atomic E-state index is 0.346. The largest absolute Gasteiger partial charge is 0.377 e. The number of likely N-dealkylation sites (N-methyl/N-ethyl adjacent to an activating group) is 1. The van der Waals surface area contributed by atoms with Crippen molar-refractivity contribution >= 4 is 0 Å². The molecule has 0 aliphatic heterocycles. The average molecular weight is 237 g/mol. The fraction of sp³-hybridized carbons (Fsp3) is 0.867. The Hall–Kier alpha value is -0.520. The van der Waals surface area contributed by atoms with E-state index < -0.39 is 0 Å². The van der Waals surface area contributed by atoms with Crippen molar-refractivity contribution in [2.75, 3.05) is 13.7 Å². The van der Waals surface area contributed by atoms with Crippen LogP contribution in [0.25, 0.3) is 0 Å². The Morgan fingerprint density at radius 2 is 2.06 bits per heavy atom. The molecule has 2 heteroatoms. The quantitative estimate of drug-likeness (QED) is 0.687. The van der Waals surface area contributed by atoms with E-state index in [1.165, 1.54) is 32.1 Å². The molecular formula is C15H27NO. The molecule has 2 nitrogen and oxygen atoms in total. The minimum absolute atomic E-state index is 0.346. The van der Waals surface area contributed by atoms with Crippen LogP contribution in [0.4, 0.5) is 0 Å². The predicted molar refractivity (Wildman–Crippen MR) is 72.9 cm³/mol. The smallest absolute Gasteiger partial charge is 0.0756 e. The van der Waals surface area contributed by atoms with Crippen molar-refractivity contribution in [2.24, 2.45) is 5.92 Å². The van der Waals surface area contributed by atoms with Gasteiger partial charge in [-0.25, -0.2) is 0 Å². The van der Waals surface area contributed by atoms with Gasteiger partial charge in [-0.2, -0.15) is 0 Å². The summed E-state index contributed by atoms with van der Waals surface area (Å²) in [5.74, 6) is 3.46. The molecule has 0 aromatic heterocycles. The zero-order valence-corrected chi connectivity index (χ0v) is 11.4. The summed E-state index contributed by atoms with van der Waals surface area (Å²) in [7, 11) is 2.02. The first kappa shape index (κ1) is 14.5. The molecule has 0 bridgehead atoms. The number of hydrogen-bond acceptors (Lipinski definition) is 2. The number of hydrogen-bond donors (Lipinski definition) is 1. The molecule has 0 amide bonds. The summed E-state index contributed by atoms with van der Waals surface area (Å²) < 4.78 is 6.00. The minimum Gasteiger partial charge on any atom is -0.377 e. The highest BCUT2D eigenvalue weighted by Gasteiger charge is 2.29. The number of terminal acetylenes is 1. The molecule has 98 valence electrons. The van der Waals surface area contributed by atoms with E-state index in [2.05, 4.69) is 18.2 Å². The third-order valence-corrected chi connectivity index (χ3v) is 3.84. The Balaban J connectivity index is 2.56. The molecule has 1 aliphatic rings. The molecule has 0 saturated heterocycles. The van der Waals surface area contributed by atoms with E-state index in [0.717, 1.165) is 25.4 Å². The van der Waals surface area contributed by atoms with Crippen LogP contribution in [0.5, 0.6) is 0 Å². The molecular weight excluding hydrogens is 210 g/mol. The van der Waals surface area contributed by atoms with Crippen LogP contribution in [-0.4, -0.2) is 25.8 Å². The maximum absolute atomic E-state index is 6.00. The average Bonchev–Trinajstić information content (AvgIpc) is 2.39. The zero-order valence-electron chi connectivity index (χ0n) is 11.4. The van der Waals surface area contributed by atoms with Crippen LogP contribution in [0.15, 0.2) is 0 Å². The van der Waals surface area contributed by atoms with E-state index in [0.29, 0.717) is 12.1 Å². The van der Waals surface area contributed by atoms with Gasteiger partial charge in [0, 0.05) is 19.1 Å². The molecule has 1 rings (SSSR count). The molecule has 1 N–H and O–H groups in total. The molecule has 17 heavy (non-hydrogen) atoms. The fourth-order valence-electron chi connectivity index (χ4n) is 2.95. The first-order valence-electron chi connectivity index (χ1n) is 7.05. The van der Waals surface area contributed by atoms with Crippen molar-refractivity contribution in [1.82, 2.24) is 5.32 Å². The molecule has 0 aromatic carbocycles. The van der Waals surface area contributed by atoms with Gasteiger partial charge in [0.2, 0.25) is 0 Å². The zero-order chi connectivity index (χ0) is 12.5. The Morgan fingerprint density at radius 3 is 2.59 bits per heavy atom. The maximum atomic E-state index is 6.00. The summed E-state index contributed by atoms with van der Waals surface area (Å²) >= 11 is 0. The van der Waals surface area contributed by atoms with E-state index in [-0.39, 0.29) is 0 Å². The number of ether oxygens (including phenoxy) is 1. The van der Waals surface area contributed by atoms with Crippen molar-refractivity contribution in [1.29, 1.82) is 0 Å². The van der Waals surface area contributed by atoms with Crippen LogP contribution < -0.4 is 5.32 Å². The molecule has 2 atom stereocenters. The van der Waals surface area contributed by atoms with Crippen molar-refractivity contribution in [2.45, 2.75) is 64.0 Å². The Bertz CT molecular complexity index is 228. The van der Waals surface area contributed by atoms with Gasteiger partial charge in [-0.3, -0.25) is 0 Å². The lowest BCUT2D eigenvalue weighted by Gasteiger charge is -2.35. The van der Waals surface area contributed by atoms with Crippen LogP contribution in [-0.2, 0) is 4.74 Å². The SMILES string of the molecule is C#CCCC(NC)C(OCC)C1CCCCC1. The van der Waals surface area contributed by atoms with E-state index in [9.17, 15) is 0 Å². The monoisotopic (exact) mass is 237 g/mol. The third-order valence-electron chi connectivity index (χ3n) is 3.84. The molecule has 0 heterocycles.